The van der Waals surface area contributed by atoms with Gasteiger partial charge < -0.3 is 14.9 Å². The van der Waals surface area contributed by atoms with Crippen LogP contribution in [-0.2, 0) is 4.79 Å². The number of hydrogen-bond acceptors (Lipinski definition) is 4. The van der Waals surface area contributed by atoms with Gasteiger partial charge in [-0.05, 0) is 48.6 Å². The second-order valence-corrected chi connectivity index (χ2v) is 7.64. The van der Waals surface area contributed by atoms with Crippen LogP contribution >= 0.6 is 11.3 Å². The Balaban J connectivity index is 1.65. The average molecular weight is 336 g/mol. The number of aliphatic hydroxyl groups is 1. The molecule has 1 saturated heterocycles. The number of rotatable bonds is 4. The predicted molar refractivity (Wildman–Crippen MR) is 89.4 cm³/mol. The van der Waals surface area contributed by atoms with Crippen molar-refractivity contribution in [1.82, 2.24) is 9.80 Å². The Labute approximate surface area is 140 Å². The number of thiophene rings is 1. The molecule has 1 N–H and O–H groups in total. The van der Waals surface area contributed by atoms with Gasteiger partial charge in [0.05, 0.1) is 11.5 Å². The summed E-state index contributed by atoms with van der Waals surface area (Å²) in [4.78, 5) is 29.5. The molecule has 0 radical (unpaired) electrons. The summed E-state index contributed by atoms with van der Waals surface area (Å²) in [5.41, 5.74) is 1.03. The molecule has 1 aliphatic carbocycles. The number of aryl methyl sites for hydroxylation is 1. The number of likely N-dealkylation sites (tertiary alicyclic amines) is 1. The Kier molecular flexibility index (Phi) is 4.73. The van der Waals surface area contributed by atoms with Gasteiger partial charge in [0.1, 0.15) is 0 Å². The first-order valence-corrected chi connectivity index (χ1v) is 9.10. The second kappa shape index (κ2) is 6.61. The summed E-state index contributed by atoms with van der Waals surface area (Å²) in [5.74, 6) is 1.08. The van der Waals surface area contributed by atoms with Gasteiger partial charge in [-0.3, -0.25) is 9.59 Å². The third kappa shape index (κ3) is 3.02. The van der Waals surface area contributed by atoms with E-state index in [1.54, 1.807) is 11.9 Å². The zero-order valence-electron chi connectivity index (χ0n) is 13.7. The van der Waals surface area contributed by atoms with Gasteiger partial charge in [-0.25, -0.2) is 0 Å². The van der Waals surface area contributed by atoms with E-state index in [2.05, 4.69) is 0 Å². The van der Waals surface area contributed by atoms with Crippen molar-refractivity contribution < 1.29 is 14.7 Å². The van der Waals surface area contributed by atoms with Crippen molar-refractivity contribution in [1.29, 1.82) is 0 Å². The van der Waals surface area contributed by atoms with Crippen LogP contribution in [-0.4, -0.2) is 60.0 Å². The lowest BCUT2D eigenvalue weighted by atomic mass is 9.61. The number of likely N-dealkylation sites (N-methyl/N-ethyl adjacent to an activating group) is 1. The van der Waals surface area contributed by atoms with Crippen molar-refractivity contribution in [2.24, 2.45) is 17.8 Å². The van der Waals surface area contributed by atoms with E-state index in [1.165, 1.54) is 11.3 Å². The fraction of sp³-hybridized carbons (Fsp3) is 0.647. The Morgan fingerprint density at radius 2 is 2.26 bits per heavy atom. The van der Waals surface area contributed by atoms with E-state index < -0.39 is 0 Å². The van der Waals surface area contributed by atoms with Crippen LogP contribution in [0.5, 0.6) is 0 Å². The standard InChI is InChI=1S/C17H24N2O3S/c1-11-4-8-23-15(11)17(22)19-5-3-12-9-13(14(12)10-19)16(21)18(2)6-7-20/h4,8,12-14,20H,3,5-7,9-10H2,1-2H3/t12-,13-,14-/m1/s1. The van der Waals surface area contributed by atoms with Crippen molar-refractivity contribution in [3.8, 4) is 0 Å². The molecule has 1 aliphatic heterocycles. The molecule has 2 amide bonds. The highest BCUT2D eigenvalue weighted by molar-refractivity contribution is 7.12. The molecule has 5 nitrogen and oxygen atoms in total. The highest BCUT2D eigenvalue weighted by atomic mass is 32.1. The topological polar surface area (TPSA) is 60.9 Å². The van der Waals surface area contributed by atoms with Crippen LogP contribution < -0.4 is 0 Å². The highest BCUT2D eigenvalue weighted by Gasteiger charge is 2.49. The van der Waals surface area contributed by atoms with Crippen LogP contribution in [0.2, 0.25) is 0 Å². The summed E-state index contributed by atoms with van der Waals surface area (Å²) in [7, 11) is 1.74. The first-order valence-electron chi connectivity index (χ1n) is 8.22. The summed E-state index contributed by atoms with van der Waals surface area (Å²) in [6.45, 7) is 3.82. The van der Waals surface area contributed by atoms with Crippen LogP contribution in [0.4, 0.5) is 0 Å². The molecule has 1 saturated carbocycles. The fourth-order valence-electron chi connectivity index (χ4n) is 3.83. The third-order valence-corrected chi connectivity index (χ3v) is 6.36. The molecule has 3 atom stereocenters. The van der Waals surface area contributed by atoms with Gasteiger partial charge >= 0.3 is 0 Å². The molecule has 1 aromatic rings. The van der Waals surface area contributed by atoms with E-state index in [4.69, 9.17) is 5.11 Å². The molecule has 23 heavy (non-hydrogen) atoms. The summed E-state index contributed by atoms with van der Waals surface area (Å²) < 4.78 is 0. The molecule has 1 aromatic heterocycles. The lowest BCUT2D eigenvalue weighted by Gasteiger charge is -2.50. The fourth-order valence-corrected chi connectivity index (χ4v) is 4.72. The monoisotopic (exact) mass is 336 g/mol. The van der Waals surface area contributed by atoms with Crippen LogP contribution in [0.1, 0.15) is 28.1 Å². The van der Waals surface area contributed by atoms with Crippen LogP contribution in [0.15, 0.2) is 11.4 Å². The largest absolute Gasteiger partial charge is 0.395 e. The summed E-state index contributed by atoms with van der Waals surface area (Å²) in [5, 5.41) is 10.9. The summed E-state index contributed by atoms with van der Waals surface area (Å²) in [6, 6.07) is 1.98. The summed E-state index contributed by atoms with van der Waals surface area (Å²) in [6.07, 6.45) is 1.92. The molecule has 126 valence electrons. The second-order valence-electron chi connectivity index (χ2n) is 6.72. The van der Waals surface area contributed by atoms with Gasteiger partial charge in [0.15, 0.2) is 0 Å². The lowest BCUT2D eigenvalue weighted by Crippen LogP contribution is -2.56. The number of aliphatic hydroxyl groups excluding tert-OH is 1. The molecule has 2 fully saturated rings. The maximum Gasteiger partial charge on any atom is 0.264 e. The number of hydrogen-bond donors (Lipinski definition) is 1. The SMILES string of the molecule is Cc1ccsc1C(=O)N1CC[C@@H]2C[C@@H](C(=O)N(C)CCO)[C@@H]2C1. The van der Waals surface area contributed by atoms with Crippen LogP contribution in [0.3, 0.4) is 0 Å². The van der Waals surface area contributed by atoms with Gasteiger partial charge in [0.25, 0.3) is 5.91 Å². The minimum atomic E-state index is -0.00861. The van der Waals surface area contributed by atoms with Crippen LogP contribution in [0, 0.1) is 24.7 Å². The van der Waals surface area contributed by atoms with E-state index in [1.807, 2.05) is 23.3 Å². The Bertz CT molecular complexity index is 600. The maximum atomic E-state index is 12.7. The molecule has 0 aromatic carbocycles. The number of carbonyl (C=O) groups is 2. The third-order valence-electron chi connectivity index (χ3n) is 5.35. The van der Waals surface area contributed by atoms with Gasteiger partial charge in [-0.2, -0.15) is 0 Å². The lowest BCUT2D eigenvalue weighted by molar-refractivity contribution is -0.146. The van der Waals surface area contributed by atoms with Crippen molar-refractivity contribution >= 4 is 23.2 Å². The number of piperidine rings is 1. The van der Waals surface area contributed by atoms with Gasteiger partial charge in [-0.1, -0.05) is 0 Å². The molecule has 3 rings (SSSR count). The molecule has 0 bridgehead atoms. The van der Waals surface area contributed by atoms with Gasteiger partial charge in [0, 0.05) is 32.6 Å². The normalized spacial score (nSPS) is 26.4. The van der Waals surface area contributed by atoms with E-state index in [0.29, 0.717) is 19.0 Å². The molecule has 6 heteroatoms. The minimum absolute atomic E-state index is 0.00861. The van der Waals surface area contributed by atoms with Gasteiger partial charge in [0.2, 0.25) is 5.91 Å². The zero-order valence-corrected chi connectivity index (χ0v) is 14.5. The maximum absolute atomic E-state index is 12.7. The smallest absolute Gasteiger partial charge is 0.264 e. The van der Waals surface area contributed by atoms with Gasteiger partial charge in [-0.15, -0.1) is 11.3 Å². The van der Waals surface area contributed by atoms with Crippen molar-refractivity contribution in [3.63, 3.8) is 0 Å². The first kappa shape index (κ1) is 16.5. The number of fused-ring (bicyclic) bond motifs is 1. The predicted octanol–water partition coefficient (Wildman–Crippen LogP) is 1.61. The van der Waals surface area contributed by atoms with Crippen LogP contribution in [0.25, 0.3) is 0 Å². The van der Waals surface area contributed by atoms with Crippen molar-refractivity contribution in [2.75, 3.05) is 33.3 Å². The number of amides is 2. The van der Waals surface area contributed by atoms with E-state index >= 15 is 0 Å². The summed E-state index contributed by atoms with van der Waals surface area (Å²) >= 11 is 1.50. The quantitative estimate of drug-likeness (QED) is 0.909. The first-order chi connectivity index (χ1) is 11.0. The van der Waals surface area contributed by atoms with E-state index in [-0.39, 0.29) is 30.3 Å². The molecule has 2 heterocycles. The minimum Gasteiger partial charge on any atom is -0.395 e. The van der Waals surface area contributed by atoms with Crippen molar-refractivity contribution in [2.45, 2.75) is 19.8 Å². The molecular weight excluding hydrogens is 312 g/mol. The average Bonchev–Trinajstić information content (AvgIpc) is 2.94. The van der Waals surface area contributed by atoms with E-state index in [0.717, 1.165) is 29.8 Å². The Morgan fingerprint density at radius 1 is 1.48 bits per heavy atom. The molecule has 0 unspecified atom stereocenters. The van der Waals surface area contributed by atoms with E-state index in [9.17, 15) is 9.59 Å². The number of carbonyl (C=O) groups excluding carboxylic acids is 2. The molecule has 0 spiro atoms. The molecule has 2 aliphatic rings. The highest BCUT2D eigenvalue weighted by Crippen LogP contribution is 2.46. The Morgan fingerprint density at radius 3 is 2.91 bits per heavy atom. The molecular formula is C17H24N2O3S. The zero-order chi connectivity index (χ0) is 16.6. The Hall–Kier alpha value is -1.40. The van der Waals surface area contributed by atoms with Crippen molar-refractivity contribution in [3.05, 3.63) is 21.9 Å². The number of nitrogens with zero attached hydrogens (tertiary/aromatic N) is 2.